The maximum Gasteiger partial charge on any atom is 0.130 e. The SMILES string of the molecule is CC(=O)CC(C)c1ccc(N(CC(C)C)C2CCOCC2)c(NC(C)C)c1. The van der Waals surface area contributed by atoms with Gasteiger partial charge in [0.25, 0.3) is 0 Å². The smallest absolute Gasteiger partial charge is 0.130 e. The summed E-state index contributed by atoms with van der Waals surface area (Å²) in [6, 6.07) is 7.61. The predicted octanol–water partition coefficient (Wildman–Crippen LogP) is 5.23. The van der Waals surface area contributed by atoms with E-state index in [1.807, 2.05) is 0 Å². The number of rotatable bonds is 9. The van der Waals surface area contributed by atoms with E-state index in [-0.39, 0.29) is 11.7 Å². The Morgan fingerprint density at radius 1 is 1.19 bits per heavy atom. The Kier molecular flexibility index (Phi) is 8.15. The fourth-order valence-corrected chi connectivity index (χ4v) is 3.92. The molecule has 0 aromatic heterocycles. The van der Waals surface area contributed by atoms with Crippen LogP contribution in [-0.4, -0.2) is 37.6 Å². The fourth-order valence-electron chi connectivity index (χ4n) is 3.92. The van der Waals surface area contributed by atoms with Crippen LogP contribution in [0.5, 0.6) is 0 Å². The highest BCUT2D eigenvalue weighted by Gasteiger charge is 2.25. The van der Waals surface area contributed by atoms with Gasteiger partial charge in [-0.25, -0.2) is 0 Å². The molecule has 0 amide bonds. The minimum Gasteiger partial charge on any atom is -0.381 e. The van der Waals surface area contributed by atoms with Crippen LogP contribution in [0.4, 0.5) is 11.4 Å². The molecule has 0 saturated carbocycles. The van der Waals surface area contributed by atoms with Gasteiger partial charge < -0.3 is 19.7 Å². The lowest BCUT2D eigenvalue weighted by molar-refractivity contribution is -0.117. The first-order chi connectivity index (χ1) is 12.8. The van der Waals surface area contributed by atoms with Crippen molar-refractivity contribution in [3.05, 3.63) is 23.8 Å². The molecule has 0 radical (unpaired) electrons. The van der Waals surface area contributed by atoms with E-state index in [1.54, 1.807) is 6.92 Å². The first-order valence-electron chi connectivity index (χ1n) is 10.5. The van der Waals surface area contributed by atoms with Gasteiger partial charge >= 0.3 is 0 Å². The second kappa shape index (κ2) is 10.1. The zero-order valence-electron chi connectivity index (χ0n) is 18.0. The van der Waals surface area contributed by atoms with Crippen molar-refractivity contribution in [2.75, 3.05) is 30.0 Å². The Morgan fingerprint density at radius 2 is 1.85 bits per heavy atom. The molecule has 0 aliphatic carbocycles. The van der Waals surface area contributed by atoms with Crippen molar-refractivity contribution < 1.29 is 9.53 Å². The van der Waals surface area contributed by atoms with Crippen molar-refractivity contribution in [2.24, 2.45) is 5.92 Å². The lowest BCUT2D eigenvalue weighted by Crippen LogP contribution is -2.42. The average molecular weight is 375 g/mol. The van der Waals surface area contributed by atoms with Crippen molar-refractivity contribution >= 4 is 17.2 Å². The van der Waals surface area contributed by atoms with Crippen molar-refractivity contribution in [1.82, 2.24) is 0 Å². The number of carbonyl (C=O) groups excluding carboxylic acids is 1. The highest BCUT2D eigenvalue weighted by molar-refractivity contribution is 5.77. The van der Waals surface area contributed by atoms with Crippen LogP contribution in [0.3, 0.4) is 0 Å². The van der Waals surface area contributed by atoms with E-state index in [4.69, 9.17) is 4.74 Å². The van der Waals surface area contributed by atoms with Crippen molar-refractivity contribution in [2.45, 2.75) is 78.8 Å². The first-order valence-corrected chi connectivity index (χ1v) is 10.5. The van der Waals surface area contributed by atoms with Gasteiger partial charge in [-0.1, -0.05) is 26.8 Å². The molecule has 27 heavy (non-hydrogen) atoms. The largest absolute Gasteiger partial charge is 0.381 e. The predicted molar refractivity (Wildman–Crippen MR) is 115 cm³/mol. The molecule has 0 spiro atoms. The molecule has 4 nitrogen and oxygen atoms in total. The summed E-state index contributed by atoms with van der Waals surface area (Å²) in [6.07, 6.45) is 2.75. The van der Waals surface area contributed by atoms with Gasteiger partial charge in [0.15, 0.2) is 0 Å². The summed E-state index contributed by atoms with van der Waals surface area (Å²) in [5.41, 5.74) is 3.70. The third kappa shape index (κ3) is 6.53. The molecule has 152 valence electrons. The molecule has 0 bridgehead atoms. The minimum absolute atomic E-state index is 0.242. The third-order valence-electron chi connectivity index (χ3n) is 5.13. The Labute approximate surface area is 165 Å². The molecule has 1 aromatic carbocycles. The topological polar surface area (TPSA) is 41.6 Å². The molecule has 4 heteroatoms. The number of hydrogen-bond acceptors (Lipinski definition) is 4. The van der Waals surface area contributed by atoms with Crippen LogP contribution in [0, 0.1) is 5.92 Å². The summed E-state index contributed by atoms with van der Waals surface area (Å²) in [5, 5.41) is 3.66. The van der Waals surface area contributed by atoms with Crippen LogP contribution in [0.2, 0.25) is 0 Å². The van der Waals surface area contributed by atoms with E-state index < -0.39 is 0 Å². The molecule has 1 saturated heterocycles. The Balaban J connectivity index is 2.38. The van der Waals surface area contributed by atoms with Crippen LogP contribution in [0.1, 0.15) is 72.3 Å². The quantitative estimate of drug-likeness (QED) is 0.642. The van der Waals surface area contributed by atoms with E-state index >= 15 is 0 Å². The van der Waals surface area contributed by atoms with Crippen molar-refractivity contribution in [3.63, 3.8) is 0 Å². The maximum absolute atomic E-state index is 11.6. The van der Waals surface area contributed by atoms with Gasteiger partial charge in [0.1, 0.15) is 5.78 Å². The van der Waals surface area contributed by atoms with Crippen LogP contribution in [0.25, 0.3) is 0 Å². The molecular weight excluding hydrogens is 336 g/mol. The third-order valence-corrected chi connectivity index (χ3v) is 5.13. The molecule has 1 atom stereocenters. The average Bonchev–Trinajstić information content (AvgIpc) is 2.59. The highest BCUT2D eigenvalue weighted by Crippen LogP contribution is 2.35. The molecule has 1 aromatic rings. The van der Waals surface area contributed by atoms with Gasteiger partial charge in [0.05, 0.1) is 11.4 Å². The molecule has 1 aliphatic rings. The number of ketones is 1. The normalized spacial score (nSPS) is 16.6. The van der Waals surface area contributed by atoms with Crippen molar-refractivity contribution in [1.29, 1.82) is 0 Å². The van der Waals surface area contributed by atoms with Crippen LogP contribution >= 0.6 is 0 Å². The number of benzene rings is 1. The summed E-state index contributed by atoms with van der Waals surface area (Å²) in [5.74, 6) is 1.08. The Morgan fingerprint density at radius 3 is 2.41 bits per heavy atom. The number of ether oxygens (including phenoxy) is 1. The summed E-state index contributed by atoms with van der Waals surface area (Å²) in [7, 11) is 0. The molecule has 1 heterocycles. The van der Waals surface area contributed by atoms with E-state index in [0.29, 0.717) is 24.4 Å². The number of carbonyl (C=O) groups is 1. The molecule has 2 rings (SSSR count). The molecule has 1 unspecified atom stereocenters. The first kappa shape index (κ1) is 21.7. The number of anilines is 2. The summed E-state index contributed by atoms with van der Waals surface area (Å²) in [4.78, 5) is 14.1. The van der Waals surface area contributed by atoms with Gasteiger partial charge in [-0.3, -0.25) is 0 Å². The van der Waals surface area contributed by atoms with E-state index in [1.165, 1.54) is 16.9 Å². The fraction of sp³-hybridized carbons (Fsp3) is 0.696. The number of Topliss-reactive ketones (excluding diaryl/α,β-unsaturated/α-hetero) is 1. The van der Waals surface area contributed by atoms with Crippen LogP contribution < -0.4 is 10.2 Å². The minimum atomic E-state index is 0.242. The second-order valence-corrected chi connectivity index (χ2v) is 8.77. The van der Waals surface area contributed by atoms with Gasteiger partial charge in [-0.2, -0.15) is 0 Å². The van der Waals surface area contributed by atoms with Gasteiger partial charge in [0.2, 0.25) is 0 Å². The van der Waals surface area contributed by atoms with Gasteiger partial charge in [0, 0.05) is 38.3 Å². The molecule has 1 N–H and O–H groups in total. The van der Waals surface area contributed by atoms with Gasteiger partial charge in [-0.05, 0) is 63.1 Å². The highest BCUT2D eigenvalue weighted by atomic mass is 16.5. The lowest BCUT2D eigenvalue weighted by atomic mass is 9.94. The zero-order valence-corrected chi connectivity index (χ0v) is 18.0. The van der Waals surface area contributed by atoms with Gasteiger partial charge in [-0.15, -0.1) is 0 Å². The van der Waals surface area contributed by atoms with Crippen LogP contribution in [-0.2, 0) is 9.53 Å². The number of hydrogen-bond donors (Lipinski definition) is 1. The summed E-state index contributed by atoms with van der Waals surface area (Å²) >= 11 is 0. The molecular formula is C23H38N2O2. The Bertz CT molecular complexity index is 606. The summed E-state index contributed by atoms with van der Waals surface area (Å²) in [6.45, 7) is 15.5. The Hall–Kier alpha value is -1.55. The summed E-state index contributed by atoms with van der Waals surface area (Å²) < 4.78 is 5.60. The lowest BCUT2D eigenvalue weighted by Gasteiger charge is -2.39. The second-order valence-electron chi connectivity index (χ2n) is 8.77. The monoisotopic (exact) mass is 374 g/mol. The van der Waals surface area contributed by atoms with E-state index in [9.17, 15) is 4.79 Å². The van der Waals surface area contributed by atoms with E-state index in [0.717, 1.165) is 32.6 Å². The molecule has 1 aliphatic heterocycles. The molecule has 1 fully saturated rings. The number of nitrogens with one attached hydrogen (secondary N) is 1. The number of nitrogens with zero attached hydrogens (tertiary/aromatic N) is 1. The van der Waals surface area contributed by atoms with E-state index in [2.05, 4.69) is 63.0 Å². The van der Waals surface area contributed by atoms with Crippen molar-refractivity contribution in [3.8, 4) is 0 Å². The zero-order chi connectivity index (χ0) is 20.0. The standard InChI is InChI=1S/C23H38N2O2/c1-16(2)15-25(21-9-11-27-12-10-21)23-8-7-20(18(5)13-19(6)26)14-22(23)24-17(3)4/h7-8,14,16-18,21,24H,9-13,15H2,1-6H3. The maximum atomic E-state index is 11.6. The van der Waals surface area contributed by atoms with Crippen LogP contribution in [0.15, 0.2) is 18.2 Å².